The van der Waals surface area contributed by atoms with Crippen molar-refractivity contribution in [2.45, 2.75) is 13.0 Å². The molecule has 3 aromatic rings. The van der Waals surface area contributed by atoms with Crippen LogP contribution in [0.3, 0.4) is 0 Å². The Labute approximate surface area is 136 Å². The van der Waals surface area contributed by atoms with Crippen molar-refractivity contribution >= 4 is 22.8 Å². The number of carbonyl (C=O) groups is 1. The lowest BCUT2D eigenvalue weighted by Crippen LogP contribution is -2.31. The molecule has 0 saturated heterocycles. The number of fused-ring (bicyclic) bond motifs is 3. The molecule has 0 atom stereocenters. The van der Waals surface area contributed by atoms with Gasteiger partial charge in [0.1, 0.15) is 5.82 Å². The largest absolute Gasteiger partial charge is 0.358 e. The molecule has 1 aliphatic rings. The molecule has 2 aromatic heterocycles. The predicted molar refractivity (Wildman–Crippen MR) is 84.3 cm³/mol. The molecule has 1 aromatic carbocycles. The van der Waals surface area contributed by atoms with Gasteiger partial charge in [0.15, 0.2) is 0 Å². The van der Waals surface area contributed by atoms with Gasteiger partial charge in [-0.25, -0.2) is 19.8 Å². The van der Waals surface area contributed by atoms with Gasteiger partial charge < -0.3 is 9.88 Å². The minimum absolute atomic E-state index is 0.182. The van der Waals surface area contributed by atoms with Crippen LogP contribution in [-0.4, -0.2) is 32.6 Å². The summed E-state index contributed by atoms with van der Waals surface area (Å²) in [6, 6.07) is 4.73. The second kappa shape index (κ2) is 5.57. The number of amides is 1. The maximum Gasteiger partial charge on any atom is 0.277 e. The van der Waals surface area contributed by atoms with Gasteiger partial charge >= 0.3 is 0 Å². The summed E-state index contributed by atoms with van der Waals surface area (Å²) in [5, 5.41) is 9.61. The molecule has 3 N–H and O–H groups in total. The number of rotatable bonds is 2. The van der Waals surface area contributed by atoms with E-state index >= 15 is 0 Å². The Hall–Kier alpha value is -3.00. The number of carbonyl (C=O) groups excluding carboxylic acids is 1. The van der Waals surface area contributed by atoms with Crippen LogP contribution in [0, 0.1) is 5.82 Å². The number of halogens is 1. The zero-order chi connectivity index (χ0) is 16.7. The summed E-state index contributed by atoms with van der Waals surface area (Å²) in [6.45, 7) is 1.32. The predicted octanol–water partition coefficient (Wildman–Crippen LogP) is 1.78. The first-order chi connectivity index (χ1) is 11.7. The smallest absolute Gasteiger partial charge is 0.277 e. The van der Waals surface area contributed by atoms with E-state index in [1.54, 1.807) is 11.5 Å². The van der Waals surface area contributed by atoms with E-state index < -0.39 is 5.91 Å². The fourth-order valence-electron chi connectivity index (χ4n) is 3.03. The summed E-state index contributed by atoms with van der Waals surface area (Å²) < 4.78 is 13.4. The van der Waals surface area contributed by atoms with Crippen LogP contribution in [0.15, 0.2) is 30.6 Å². The Kier molecular flexibility index (Phi) is 3.39. The molecule has 1 amide bonds. The lowest BCUT2D eigenvalue weighted by molar-refractivity contribution is 0.0705. The molecule has 122 valence electrons. The molecule has 0 fully saturated rings. The van der Waals surface area contributed by atoms with Crippen LogP contribution < -0.4 is 10.4 Å². The van der Waals surface area contributed by atoms with E-state index in [4.69, 9.17) is 5.21 Å². The normalized spacial score (nSPS) is 13.8. The van der Waals surface area contributed by atoms with Gasteiger partial charge in [0.25, 0.3) is 5.91 Å². The number of H-pyrrole nitrogens is 1. The van der Waals surface area contributed by atoms with Crippen LogP contribution in [0.5, 0.6) is 0 Å². The number of hydrogen-bond acceptors (Lipinski definition) is 5. The maximum atomic E-state index is 13.4. The fourth-order valence-corrected chi connectivity index (χ4v) is 3.03. The number of aromatic nitrogens is 3. The van der Waals surface area contributed by atoms with E-state index in [-0.39, 0.29) is 11.4 Å². The standard InChI is InChI=1S/C16H14FN5O2/c17-10-1-2-11-12-8-22(4-3-13(12)20-14(11)5-10)16-18-6-9(7-19-16)15(23)21-24/h1-2,5-7,20,24H,3-4,8H2,(H,21,23). The Bertz CT molecular complexity index is 922. The van der Waals surface area contributed by atoms with Gasteiger partial charge in [-0.05, 0) is 18.2 Å². The lowest BCUT2D eigenvalue weighted by Gasteiger charge is -2.27. The van der Waals surface area contributed by atoms with Gasteiger partial charge in [-0.15, -0.1) is 0 Å². The number of benzene rings is 1. The topological polar surface area (TPSA) is 94.1 Å². The summed E-state index contributed by atoms with van der Waals surface area (Å²) >= 11 is 0. The highest BCUT2D eigenvalue weighted by Crippen LogP contribution is 2.29. The molecule has 24 heavy (non-hydrogen) atoms. The Morgan fingerprint density at radius 2 is 2.12 bits per heavy atom. The van der Waals surface area contributed by atoms with Crippen LogP contribution in [0.1, 0.15) is 21.6 Å². The summed E-state index contributed by atoms with van der Waals surface area (Å²) in [7, 11) is 0. The van der Waals surface area contributed by atoms with E-state index in [0.717, 1.165) is 28.6 Å². The fraction of sp³-hybridized carbons (Fsp3) is 0.188. The molecule has 7 nitrogen and oxygen atoms in total. The highest BCUT2D eigenvalue weighted by atomic mass is 19.1. The first kappa shape index (κ1) is 14.6. The zero-order valence-electron chi connectivity index (χ0n) is 12.6. The number of hydroxylamine groups is 1. The molecule has 0 saturated carbocycles. The Morgan fingerprint density at radius 1 is 1.33 bits per heavy atom. The number of nitrogens with zero attached hydrogens (tertiary/aromatic N) is 3. The van der Waals surface area contributed by atoms with Gasteiger partial charge in [-0.1, -0.05) is 0 Å². The molecule has 0 aliphatic carbocycles. The van der Waals surface area contributed by atoms with Crippen molar-refractivity contribution in [2.75, 3.05) is 11.4 Å². The van der Waals surface area contributed by atoms with Crippen molar-refractivity contribution in [3.05, 3.63) is 53.2 Å². The van der Waals surface area contributed by atoms with Crippen LogP contribution >= 0.6 is 0 Å². The maximum absolute atomic E-state index is 13.4. The third-order valence-electron chi connectivity index (χ3n) is 4.22. The van der Waals surface area contributed by atoms with Crippen LogP contribution in [0.4, 0.5) is 10.3 Å². The second-order valence-corrected chi connectivity index (χ2v) is 5.66. The van der Waals surface area contributed by atoms with E-state index in [0.29, 0.717) is 19.0 Å². The van der Waals surface area contributed by atoms with E-state index in [1.165, 1.54) is 24.5 Å². The van der Waals surface area contributed by atoms with Crippen LogP contribution in [0.2, 0.25) is 0 Å². The summed E-state index contributed by atoms with van der Waals surface area (Å²) in [6.07, 6.45) is 3.51. The molecule has 0 unspecified atom stereocenters. The van der Waals surface area contributed by atoms with Crippen molar-refractivity contribution < 1.29 is 14.4 Å². The summed E-state index contributed by atoms with van der Waals surface area (Å²) in [5.41, 5.74) is 4.73. The average molecular weight is 327 g/mol. The van der Waals surface area contributed by atoms with Gasteiger partial charge in [0, 0.05) is 54.1 Å². The summed E-state index contributed by atoms with van der Waals surface area (Å²) in [4.78, 5) is 25.0. The Morgan fingerprint density at radius 3 is 2.88 bits per heavy atom. The SMILES string of the molecule is O=C(NO)c1cnc(N2CCc3[nH]c4cc(F)ccc4c3C2)nc1. The van der Waals surface area contributed by atoms with Crippen LogP contribution in [0.25, 0.3) is 10.9 Å². The van der Waals surface area contributed by atoms with Gasteiger partial charge in [0.2, 0.25) is 5.95 Å². The highest BCUT2D eigenvalue weighted by Gasteiger charge is 2.22. The molecule has 0 bridgehead atoms. The van der Waals surface area contributed by atoms with Crippen molar-refractivity contribution in [2.24, 2.45) is 0 Å². The molecular weight excluding hydrogens is 313 g/mol. The molecular formula is C16H14FN5O2. The van der Waals surface area contributed by atoms with Crippen LogP contribution in [-0.2, 0) is 13.0 Å². The number of hydrogen-bond donors (Lipinski definition) is 3. The van der Waals surface area contributed by atoms with Gasteiger partial charge in [-0.2, -0.15) is 0 Å². The minimum Gasteiger partial charge on any atom is -0.358 e. The molecule has 0 radical (unpaired) electrons. The highest BCUT2D eigenvalue weighted by molar-refractivity contribution is 5.92. The van der Waals surface area contributed by atoms with Crippen molar-refractivity contribution in [3.8, 4) is 0 Å². The van der Waals surface area contributed by atoms with Gasteiger partial charge in [-0.3, -0.25) is 10.0 Å². The third-order valence-corrected chi connectivity index (χ3v) is 4.22. The molecule has 1 aliphatic heterocycles. The van der Waals surface area contributed by atoms with E-state index in [1.807, 2.05) is 4.90 Å². The Balaban J connectivity index is 1.64. The molecule has 4 rings (SSSR count). The minimum atomic E-state index is -0.652. The van der Waals surface area contributed by atoms with Gasteiger partial charge in [0.05, 0.1) is 5.56 Å². The summed E-state index contributed by atoms with van der Waals surface area (Å²) in [5.74, 6) is -0.410. The molecule has 0 spiro atoms. The first-order valence-corrected chi connectivity index (χ1v) is 7.46. The third kappa shape index (κ3) is 2.37. The zero-order valence-corrected chi connectivity index (χ0v) is 12.6. The van der Waals surface area contributed by atoms with Crippen molar-refractivity contribution in [3.63, 3.8) is 0 Å². The molecule has 8 heteroatoms. The molecule has 3 heterocycles. The lowest BCUT2D eigenvalue weighted by atomic mass is 10.0. The quantitative estimate of drug-likeness (QED) is 0.493. The van der Waals surface area contributed by atoms with E-state index in [2.05, 4.69) is 15.0 Å². The average Bonchev–Trinajstić information content (AvgIpc) is 2.97. The monoisotopic (exact) mass is 327 g/mol. The second-order valence-electron chi connectivity index (χ2n) is 5.66. The first-order valence-electron chi connectivity index (χ1n) is 7.46. The van der Waals surface area contributed by atoms with Crippen molar-refractivity contribution in [1.29, 1.82) is 0 Å². The van der Waals surface area contributed by atoms with E-state index in [9.17, 15) is 9.18 Å². The number of anilines is 1. The van der Waals surface area contributed by atoms with Crippen molar-refractivity contribution in [1.82, 2.24) is 20.4 Å². The number of aromatic amines is 1. The number of nitrogens with one attached hydrogen (secondary N) is 2.